The molecule has 92 valence electrons. The molecule has 0 aliphatic heterocycles. The summed E-state index contributed by atoms with van der Waals surface area (Å²) in [5, 5.41) is 0. The van der Waals surface area contributed by atoms with Gasteiger partial charge >= 0.3 is 0 Å². The van der Waals surface area contributed by atoms with E-state index >= 15 is 0 Å². The lowest BCUT2D eigenvalue weighted by Crippen LogP contribution is -2.21. The number of carbonyl (C=O) groups excluding carboxylic acids is 1. The zero-order valence-electron chi connectivity index (χ0n) is 10.0. The fraction of sp³-hybridized carbons (Fsp3) is 0.357. The SMILES string of the molecule is C/C=C/CO[C@H](C=O)COCc1ccccc1. The van der Waals surface area contributed by atoms with Crippen LogP contribution in [-0.4, -0.2) is 25.6 Å². The van der Waals surface area contributed by atoms with Crippen LogP contribution >= 0.6 is 0 Å². The Morgan fingerprint density at radius 2 is 2.06 bits per heavy atom. The molecular formula is C14H18O3. The van der Waals surface area contributed by atoms with Crippen LogP contribution in [-0.2, 0) is 20.9 Å². The van der Waals surface area contributed by atoms with Crippen molar-refractivity contribution in [1.82, 2.24) is 0 Å². The summed E-state index contributed by atoms with van der Waals surface area (Å²) < 4.78 is 10.7. The Hall–Kier alpha value is -1.45. The Kier molecular flexibility index (Phi) is 6.95. The largest absolute Gasteiger partial charge is 0.374 e. The van der Waals surface area contributed by atoms with Gasteiger partial charge in [0, 0.05) is 0 Å². The molecule has 0 spiro atoms. The molecule has 1 rings (SSSR count). The summed E-state index contributed by atoms with van der Waals surface area (Å²) in [6, 6.07) is 9.84. The highest BCUT2D eigenvalue weighted by Crippen LogP contribution is 2.01. The molecule has 0 aromatic heterocycles. The molecule has 1 aromatic carbocycles. The Labute approximate surface area is 102 Å². The van der Waals surface area contributed by atoms with Gasteiger partial charge in [0.05, 0.1) is 19.8 Å². The van der Waals surface area contributed by atoms with Crippen molar-refractivity contribution < 1.29 is 14.3 Å². The molecule has 0 bridgehead atoms. The Morgan fingerprint density at radius 1 is 1.29 bits per heavy atom. The van der Waals surface area contributed by atoms with Crippen molar-refractivity contribution in [3.63, 3.8) is 0 Å². The summed E-state index contributed by atoms with van der Waals surface area (Å²) in [5.41, 5.74) is 1.09. The number of carbonyl (C=O) groups is 1. The molecule has 1 aromatic rings. The van der Waals surface area contributed by atoms with Gasteiger partial charge in [-0.2, -0.15) is 0 Å². The van der Waals surface area contributed by atoms with Crippen LogP contribution in [0.4, 0.5) is 0 Å². The topological polar surface area (TPSA) is 35.5 Å². The van der Waals surface area contributed by atoms with Crippen molar-refractivity contribution in [3.8, 4) is 0 Å². The first-order valence-corrected chi connectivity index (χ1v) is 5.66. The molecule has 0 radical (unpaired) electrons. The van der Waals surface area contributed by atoms with E-state index in [0.717, 1.165) is 11.8 Å². The van der Waals surface area contributed by atoms with E-state index in [9.17, 15) is 4.79 Å². The Balaban J connectivity index is 2.21. The van der Waals surface area contributed by atoms with Crippen LogP contribution in [0.2, 0.25) is 0 Å². The van der Waals surface area contributed by atoms with Crippen molar-refractivity contribution in [2.24, 2.45) is 0 Å². The van der Waals surface area contributed by atoms with Gasteiger partial charge in [-0.3, -0.25) is 0 Å². The van der Waals surface area contributed by atoms with Crippen LogP contribution in [0.25, 0.3) is 0 Å². The van der Waals surface area contributed by atoms with Crippen LogP contribution in [0.1, 0.15) is 12.5 Å². The van der Waals surface area contributed by atoms with Crippen LogP contribution in [0, 0.1) is 0 Å². The number of allylic oxidation sites excluding steroid dienone is 1. The highest BCUT2D eigenvalue weighted by Gasteiger charge is 2.06. The van der Waals surface area contributed by atoms with Crippen molar-refractivity contribution in [2.75, 3.05) is 13.2 Å². The molecule has 0 aliphatic carbocycles. The number of benzene rings is 1. The molecule has 0 unspecified atom stereocenters. The lowest BCUT2D eigenvalue weighted by molar-refractivity contribution is -0.121. The van der Waals surface area contributed by atoms with Crippen LogP contribution < -0.4 is 0 Å². The third-order valence-electron chi connectivity index (χ3n) is 2.19. The maximum atomic E-state index is 10.7. The third kappa shape index (κ3) is 6.00. The van der Waals surface area contributed by atoms with Crippen LogP contribution in [0.15, 0.2) is 42.5 Å². The van der Waals surface area contributed by atoms with E-state index in [1.165, 1.54) is 0 Å². The van der Waals surface area contributed by atoms with Crippen molar-refractivity contribution in [2.45, 2.75) is 19.6 Å². The molecule has 3 nitrogen and oxygen atoms in total. The molecular weight excluding hydrogens is 216 g/mol. The van der Waals surface area contributed by atoms with Gasteiger partial charge in [-0.25, -0.2) is 0 Å². The summed E-state index contributed by atoms with van der Waals surface area (Å²) in [4.78, 5) is 10.7. The smallest absolute Gasteiger partial charge is 0.151 e. The van der Waals surface area contributed by atoms with Gasteiger partial charge in [-0.15, -0.1) is 0 Å². The quantitative estimate of drug-likeness (QED) is 0.511. The van der Waals surface area contributed by atoms with Gasteiger partial charge in [-0.1, -0.05) is 42.5 Å². The predicted octanol–water partition coefficient (Wildman–Crippen LogP) is 2.36. The Morgan fingerprint density at radius 3 is 2.71 bits per heavy atom. The number of hydrogen-bond donors (Lipinski definition) is 0. The Bertz CT molecular complexity index is 333. The summed E-state index contributed by atoms with van der Waals surface area (Å²) >= 11 is 0. The maximum Gasteiger partial charge on any atom is 0.151 e. The van der Waals surface area contributed by atoms with E-state index < -0.39 is 6.10 Å². The maximum absolute atomic E-state index is 10.7. The summed E-state index contributed by atoms with van der Waals surface area (Å²) in [7, 11) is 0. The van der Waals surface area contributed by atoms with Gasteiger partial charge in [0.25, 0.3) is 0 Å². The highest BCUT2D eigenvalue weighted by atomic mass is 16.5. The summed E-state index contributed by atoms with van der Waals surface area (Å²) in [5.74, 6) is 0. The van der Waals surface area contributed by atoms with E-state index in [1.807, 2.05) is 49.4 Å². The molecule has 0 saturated carbocycles. The molecule has 0 fully saturated rings. The third-order valence-corrected chi connectivity index (χ3v) is 2.19. The van der Waals surface area contributed by atoms with E-state index in [2.05, 4.69) is 0 Å². The zero-order valence-corrected chi connectivity index (χ0v) is 10.0. The van der Waals surface area contributed by atoms with E-state index in [-0.39, 0.29) is 6.61 Å². The molecule has 3 heteroatoms. The second-order valence-corrected chi connectivity index (χ2v) is 3.58. The van der Waals surface area contributed by atoms with E-state index in [0.29, 0.717) is 13.2 Å². The number of hydrogen-bond acceptors (Lipinski definition) is 3. The molecule has 1 atom stereocenters. The van der Waals surface area contributed by atoms with Crippen LogP contribution in [0.3, 0.4) is 0 Å². The first-order valence-electron chi connectivity index (χ1n) is 5.66. The molecule has 0 heterocycles. The van der Waals surface area contributed by atoms with Gasteiger partial charge in [-0.05, 0) is 12.5 Å². The molecule has 0 amide bonds. The highest BCUT2D eigenvalue weighted by molar-refractivity contribution is 5.56. The first-order chi connectivity index (χ1) is 8.36. The number of rotatable bonds is 8. The van der Waals surface area contributed by atoms with Gasteiger partial charge in [0.1, 0.15) is 6.10 Å². The lowest BCUT2D eigenvalue weighted by Gasteiger charge is -2.11. The van der Waals surface area contributed by atoms with Crippen molar-refractivity contribution in [3.05, 3.63) is 48.0 Å². The lowest BCUT2D eigenvalue weighted by atomic mass is 10.2. The standard InChI is InChI=1S/C14H18O3/c1-2-3-9-17-14(10-15)12-16-11-13-7-5-4-6-8-13/h2-8,10,14H,9,11-12H2,1H3/b3-2+/t14-/m1/s1. The monoisotopic (exact) mass is 234 g/mol. The number of ether oxygens (including phenoxy) is 2. The first kappa shape index (κ1) is 13.6. The molecule has 0 saturated heterocycles. The fourth-order valence-corrected chi connectivity index (χ4v) is 1.27. The normalized spacial score (nSPS) is 12.8. The van der Waals surface area contributed by atoms with Gasteiger partial charge in [0.2, 0.25) is 0 Å². The fourth-order valence-electron chi connectivity index (χ4n) is 1.27. The van der Waals surface area contributed by atoms with Crippen molar-refractivity contribution >= 4 is 6.29 Å². The molecule has 0 aliphatic rings. The minimum absolute atomic E-state index is 0.288. The zero-order chi connectivity index (χ0) is 12.3. The minimum atomic E-state index is -0.491. The molecule has 0 N–H and O–H groups in total. The van der Waals surface area contributed by atoms with Crippen molar-refractivity contribution in [1.29, 1.82) is 0 Å². The van der Waals surface area contributed by atoms with E-state index in [4.69, 9.17) is 9.47 Å². The average Bonchev–Trinajstić information content (AvgIpc) is 2.38. The summed E-state index contributed by atoms with van der Waals surface area (Å²) in [6.45, 7) is 3.13. The summed E-state index contributed by atoms with van der Waals surface area (Å²) in [6.07, 6.45) is 4.02. The molecule has 17 heavy (non-hydrogen) atoms. The second-order valence-electron chi connectivity index (χ2n) is 3.58. The second kappa shape index (κ2) is 8.67. The van der Waals surface area contributed by atoms with E-state index in [1.54, 1.807) is 0 Å². The van der Waals surface area contributed by atoms with Gasteiger partial charge < -0.3 is 14.3 Å². The minimum Gasteiger partial charge on any atom is -0.374 e. The average molecular weight is 234 g/mol. The van der Waals surface area contributed by atoms with Crippen LogP contribution in [0.5, 0.6) is 0 Å². The number of aldehydes is 1. The van der Waals surface area contributed by atoms with Gasteiger partial charge in [0.15, 0.2) is 6.29 Å². The predicted molar refractivity (Wildman–Crippen MR) is 66.7 cm³/mol.